The van der Waals surface area contributed by atoms with Crippen molar-refractivity contribution in [2.75, 3.05) is 39.0 Å². The van der Waals surface area contributed by atoms with Gasteiger partial charge in [0.2, 0.25) is 0 Å². The van der Waals surface area contributed by atoms with Gasteiger partial charge < -0.3 is 15.1 Å². The molecule has 2 heterocycles. The molecule has 7 heteroatoms. The van der Waals surface area contributed by atoms with Crippen molar-refractivity contribution in [2.24, 2.45) is 4.99 Å². The van der Waals surface area contributed by atoms with Gasteiger partial charge in [0.15, 0.2) is 5.96 Å². The van der Waals surface area contributed by atoms with Gasteiger partial charge in [0, 0.05) is 24.9 Å². The molecule has 2 rings (SSSR count). The van der Waals surface area contributed by atoms with Crippen LogP contribution in [0.1, 0.15) is 45.4 Å². The number of halogens is 1. The van der Waals surface area contributed by atoms with Crippen molar-refractivity contribution in [2.45, 2.75) is 44.4 Å². The molecular formula is C18H33IN4OS. The van der Waals surface area contributed by atoms with Gasteiger partial charge in [-0.3, -0.25) is 9.89 Å². The highest BCUT2D eigenvalue weighted by Gasteiger charge is 2.29. The number of nitrogens with one attached hydrogen (secondary N) is 2. The average Bonchev–Trinajstić information content (AvgIpc) is 3.26. The third-order valence-corrected chi connectivity index (χ3v) is 6.28. The smallest absolute Gasteiger partial charge is 0.191 e. The summed E-state index contributed by atoms with van der Waals surface area (Å²) >= 11 is 2.06. The molecule has 25 heavy (non-hydrogen) atoms. The molecule has 2 N–H and O–H groups in total. The SMILES string of the molecule is CCN(CC)C(CNC(=NC)NCC1(C)CCCS1)c1ccco1.I. The number of hydrogen-bond acceptors (Lipinski definition) is 4. The lowest BCUT2D eigenvalue weighted by atomic mass is 10.1. The Hall–Kier alpha value is -0.410. The van der Waals surface area contributed by atoms with Crippen molar-refractivity contribution in [3.8, 4) is 0 Å². The van der Waals surface area contributed by atoms with Crippen LogP contribution in [0.25, 0.3) is 0 Å². The van der Waals surface area contributed by atoms with Crippen LogP contribution < -0.4 is 10.6 Å². The summed E-state index contributed by atoms with van der Waals surface area (Å²) in [5, 5.41) is 6.97. The summed E-state index contributed by atoms with van der Waals surface area (Å²) in [4.78, 5) is 6.78. The van der Waals surface area contributed by atoms with Crippen LogP contribution in [0.15, 0.2) is 27.8 Å². The molecule has 5 nitrogen and oxygen atoms in total. The highest BCUT2D eigenvalue weighted by atomic mass is 127. The first-order chi connectivity index (χ1) is 11.6. The van der Waals surface area contributed by atoms with Crippen molar-refractivity contribution in [3.63, 3.8) is 0 Å². The van der Waals surface area contributed by atoms with E-state index in [-0.39, 0.29) is 30.0 Å². The van der Waals surface area contributed by atoms with E-state index in [1.165, 1.54) is 18.6 Å². The van der Waals surface area contributed by atoms with Crippen molar-refractivity contribution in [3.05, 3.63) is 24.2 Å². The fourth-order valence-electron chi connectivity index (χ4n) is 3.22. The third kappa shape index (κ3) is 6.67. The highest BCUT2D eigenvalue weighted by molar-refractivity contribution is 14.0. The number of thioether (sulfide) groups is 1. The van der Waals surface area contributed by atoms with E-state index in [4.69, 9.17) is 4.42 Å². The van der Waals surface area contributed by atoms with Crippen LogP contribution in [0.5, 0.6) is 0 Å². The number of guanidine groups is 1. The number of furan rings is 1. The van der Waals surface area contributed by atoms with Crippen LogP contribution >= 0.6 is 35.7 Å². The molecule has 0 amide bonds. The van der Waals surface area contributed by atoms with Crippen molar-refractivity contribution < 1.29 is 4.42 Å². The summed E-state index contributed by atoms with van der Waals surface area (Å²) in [6.45, 7) is 10.4. The van der Waals surface area contributed by atoms with Crippen molar-refractivity contribution in [1.82, 2.24) is 15.5 Å². The van der Waals surface area contributed by atoms with Crippen LogP contribution in [-0.2, 0) is 0 Å². The molecule has 0 aromatic carbocycles. The predicted molar refractivity (Wildman–Crippen MR) is 119 cm³/mol. The summed E-state index contributed by atoms with van der Waals surface area (Å²) in [6.07, 6.45) is 4.34. The molecule has 1 aliphatic heterocycles. The number of rotatable bonds is 8. The van der Waals surface area contributed by atoms with Crippen LogP contribution in [0.3, 0.4) is 0 Å². The molecule has 1 aromatic rings. The lowest BCUT2D eigenvalue weighted by Crippen LogP contribution is -2.46. The Morgan fingerprint density at radius 1 is 1.40 bits per heavy atom. The van der Waals surface area contributed by atoms with Gasteiger partial charge in [0.05, 0.1) is 12.3 Å². The Morgan fingerprint density at radius 2 is 2.16 bits per heavy atom. The van der Waals surface area contributed by atoms with Crippen LogP contribution in [-0.4, -0.2) is 54.6 Å². The quantitative estimate of drug-likeness (QED) is 0.338. The fourth-order valence-corrected chi connectivity index (χ4v) is 4.46. The maximum atomic E-state index is 5.66. The minimum Gasteiger partial charge on any atom is -0.468 e. The van der Waals surface area contributed by atoms with Gasteiger partial charge in [-0.1, -0.05) is 13.8 Å². The zero-order chi connectivity index (χ0) is 17.4. The maximum Gasteiger partial charge on any atom is 0.191 e. The summed E-state index contributed by atoms with van der Waals surface area (Å²) < 4.78 is 5.99. The topological polar surface area (TPSA) is 52.8 Å². The Kier molecular flexibility index (Phi) is 10.3. The van der Waals surface area contributed by atoms with Crippen molar-refractivity contribution >= 4 is 41.7 Å². The lowest BCUT2D eigenvalue weighted by Gasteiger charge is -2.29. The second-order valence-electron chi connectivity index (χ2n) is 6.46. The summed E-state index contributed by atoms with van der Waals surface area (Å²) in [6, 6.07) is 4.22. The minimum atomic E-state index is 0. The Morgan fingerprint density at radius 3 is 2.68 bits per heavy atom. The second kappa shape index (κ2) is 11.3. The van der Waals surface area contributed by atoms with Gasteiger partial charge in [-0.15, -0.1) is 24.0 Å². The second-order valence-corrected chi connectivity index (χ2v) is 8.14. The number of nitrogens with zero attached hydrogens (tertiary/aromatic N) is 2. The predicted octanol–water partition coefficient (Wildman–Crippen LogP) is 3.73. The van der Waals surface area contributed by atoms with E-state index in [1.807, 2.05) is 13.1 Å². The molecule has 2 unspecified atom stereocenters. The molecule has 0 radical (unpaired) electrons. The van der Waals surface area contributed by atoms with Gasteiger partial charge in [-0.05, 0) is 50.7 Å². The number of likely N-dealkylation sites (N-methyl/N-ethyl adjacent to an activating group) is 1. The first-order valence-electron chi connectivity index (χ1n) is 8.97. The van der Waals surface area contributed by atoms with Gasteiger partial charge >= 0.3 is 0 Å². The lowest BCUT2D eigenvalue weighted by molar-refractivity contribution is 0.193. The minimum absolute atomic E-state index is 0. The first kappa shape index (κ1) is 22.6. The Balaban J connectivity index is 0.00000312. The van der Waals surface area contributed by atoms with E-state index in [2.05, 4.69) is 59.1 Å². The molecule has 0 spiro atoms. The zero-order valence-corrected chi connectivity index (χ0v) is 19.0. The molecule has 0 saturated carbocycles. The number of aliphatic imine (C=N–C) groups is 1. The van der Waals surface area contributed by atoms with E-state index in [1.54, 1.807) is 6.26 Å². The van der Waals surface area contributed by atoms with Crippen LogP contribution in [0.4, 0.5) is 0 Å². The summed E-state index contributed by atoms with van der Waals surface area (Å²) in [5.41, 5.74) is 0. The third-order valence-electron chi connectivity index (χ3n) is 4.74. The van der Waals surface area contributed by atoms with Crippen molar-refractivity contribution in [1.29, 1.82) is 0 Å². The van der Waals surface area contributed by atoms with Gasteiger partial charge in [0.1, 0.15) is 5.76 Å². The molecule has 144 valence electrons. The molecule has 1 fully saturated rings. The Labute approximate surface area is 173 Å². The summed E-state index contributed by atoms with van der Waals surface area (Å²) in [5.74, 6) is 3.14. The van der Waals surface area contributed by atoms with Gasteiger partial charge in [0.25, 0.3) is 0 Å². The van der Waals surface area contributed by atoms with Crippen LogP contribution in [0.2, 0.25) is 0 Å². The number of hydrogen-bond donors (Lipinski definition) is 2. The monoisotopic (exact) mass is 480 g/mol. The fraction of sp³-hybridized carbons (Fsp3) is 0.722. The first-order valence-corrected chi connectivity index (χ1v) is 9.96. The molecule has 1 aromatic heterocycles. The Bertz CT molecular complexity index is 499. The summed E-state index contributed by atoms with van der Waals surface area (Å²) in [7, 11) is 1.83. The average molecular weight is 480 g/mol. The largest absolute Gasteiger partial charge is 0.468 e. The normalized spacial score (nSPS) is 21.9. The zero-order valence-electron chi connectivity index (χ0n) is 15.9. The molecule has 0 aliphatic carbocycles. The van der Waals surface area contributed by atoms with Gasteiger partial charge in [-0.25, -0.2) is 0 Å². The highest BCUT2D eigenvalue weighted by Crippen LogP contribution is 2.36. The molecular weight excluding hydrogens is 447 g/mol. The van der Waals surface area contributed by atoms with E-state index in [0.29, 0.717) is 4.75 Å². The molecule has 0 bridgehead atoms. The van der Waals surface area contributed by atoms with E-state index < -0.39 is 0 Å². The van der Waals surface area contributed by atoms with E-state index in [0.717, 1.165) is 37.9 Å². The molecule has 1 saturated heterocycles. The van der Waals surface area contributed by atoms with Gasteiger partial charge in [-0.2, -0.15) is 11.8 Å². The maximum absolute atomic E-state index is 5.66. The molecule has 2 atom stereocenters. The molecule has 1 aliphatic rings. The van der Waals surface area contributed by atoms with E-state index in [9.17, 15) is 0 Å². The van der Waals surface area contributed by atoms with E-state index >= 15 is 0 Å². The standard InChI is InChI=1S/C18H32N4OS.HI/c1-5-22(6-2)15(16-9-7-11-23-16)13-20-17(19-4)21-14-18(3)10-8-12-24-18;/h7,9,11,15H,5-6,8,10,12-14H2,1-4H3,(H2,19,20,21);1H. The van der Waals surface area contributed by atoms with Crippen LogP contribution in [0, 0.1) is 0 Å².